The Morgan fingerprint density at radius 2 is 2.05 bits per heavy atom. The number of amides is 3. The zero-order valence-corrected chi connectivity index (χ0v) is 12.0. The fourth-order valence-corrected chi connectivity index (χ4v) is 2.47. The molecule has 1 atom stereocenters. The Bertz CT molecular complexity index is 640. The quantitative estimate of drug-likeness (QED) is 0.905. The topological polar surface area (TPSA) is 74.6 Å². The second-order valence-electron chi connectivity index (χ2n) is 5.07. The van der Waals surface area contributed by atoms with Crippen LogP contribution in [-0.4, -0.2) is 24.5 Å². The van der Waals surface area contributed by atoms with Crippen molar-refractivity contribution in [3.8, 4) is 0 Å². The van der Waals surface area contributed by atoms with E-state index in [1.54, 1.807) is 23.3 Å². The first-order valence-electron chi connectivity index (χ1n) is 7.17. The van der Waals surface area contributed by atoms with Crippen LogP contribution in [0.15, 0.2) is 53.1 Å². The number of carbonyl (C=O) groups excluding carboxylic acids is 2. The Morgan fingerprint density at radius 1 is 1.23 bits per heavy atom. The van der Waals surface area contributed by atoms with Crippen LogP contribution < -0.4 is 15.5 Å². The van der Waals surface area contributed by atoms with Gasteiger partial charge in [0.25, 0.3) is 0 Å². The van der Waals surface area contributed by atoms with Gasteiger partial charge in [-0.2, -0.15) is 0 Å². The summed E-state index contributed by atoms with van der Waals surface area (Å²) in [5, 5.41) is 5.38. The van der Waals surface area contributed by atoms with E-state index >= 15 is 0 Å². The van der Waals surface area contributed by atoms with Crippen LogP contribution >= 0.6 is 0 Å². The zero-order chi connectivity index (χ0) is 15.4. The van der Waals surface area contributed by atoms with Gasteiger partial charge in [-0.25, -0.2) is 4.79 Å². The predicted molar refractivity (Wildman–Crippen MR) is 81.3 cm³/mol. The summed E-state index contributed by atoms with van der Waals surface area (Å²) >= 11 is 0. The van der Waals surface area contributed by atoms with Gasteiger partial charge in [0.1, 0.15) is 11.8 Å². The molecule has 6 heteroatoms. The lowest BCUT2D eigenvalue weighted by Crippen LogP contribution is -2.45. The summed E-state index contributed by atoms with van der Waals surface area (Å²) < 4.78 is 5.13. The van der Waals surface area contributed by atoms with Gasteiger partial charge in [0.2, 0.25) is 5.91 Å². The Kier molecular flexibility index (Phi) is 4.09. The monoisotopic (exact) mass is 299 g/mol. The van der Waals surface area contributed by atoms with Crippen molar-refractivity contribution in [2.75, 3.05) is 11.4 Å². The van der Waals surface area contributed by atoms with Crippen molar-refractivity contribution in [2.45, 2.75) is 19.0 Å². The maximum Gasteiger partial charge on any atom is 0.315 e. The van der Waals surface area contributed by atoms with Gasteiger partial charge in [0.05, 0.1) is 12.8 Å². The van der Waals surface area contributed by atoms with Crippen LogP contribution in [0.1, 0.15) is 12.2 Å². The molecule has 1 aliphatic rings. The molecular formula is C16H17N3O3. The van der Waals surface area contributed by atoms with Crippen molar-refractivity contribution in [3.05, 3.63) is 54.5 Å². The van der Waals surface area contributed by atoms with Crippen LogP contribution in [0.5, 0.6) is 0 Å². The molecule has 2 aromatic rings. The van der Waals surface area contributed by atoms with Gasteiger partial charge in [0.15, 0.2) is 0 Å². The third kappa shape index (κ3) is 3.11. The first-order chi connectivity index (χ1) is 10.7. The van der Waals surface area contributed by atoms with Crippen molar-refractivity contribution in [3.63, 3.8) is 0 Å². The maximum absolute atomic E-state index is 12.3. The van der Waals surface area contributed by atoms with E-state index < -0.39 is 6.04 Å². The minimum Gasteiger partial charge on any atom is -0.467 e. The molecule has 2 heterocycles. The normalized spacial score (nSPS) is 17.5. The van der Waals surface area contributed by atoms with Crippen molar-refractivity contribution < 1.29 is 14.0 Å². The van der Waals surface area contributed by atoms with E-state index in [1.807, 2.05) is 30.3 Å². The highest BCUT2D eigenvalue weighted by Gasteiger charge is 2.33. The molecular weight excluding hydrogens is 282 g/mol. The van der Waals surface area contributed by atoms with Crippen molar-refractivity contribution in [1.82, 2.24) is 10.6 Å². The number of anilines is 1. The number of hydrogen-bond acceptors (Lipinski definition) is 3. The highest BCUT2D eigenvalue weighted by atomic mass is 16.3. The average Bonchev–Trinajstić information content (AvgIpc) is 3.17. The van der Waals surface area contributed by atoms with E-state index in [0.717, 1.165) is 5.69 Å². The molecule has 0 unspecified atom stereocenters. The Morgan fingerprint density at radius 3 is 2.77 bits per heavy atom. The maximum atomic E-state index is 12.3. The third-order valence-electron chi connectivity index (χ3n) is 3.58. The summed E-state index contributed by atoms with van der Waals surface area (Å²) in [5.41, 5.74) is 0.854. The van der Waals surface area contributed by atoms with Crippen LogP contribution in [0.2, 0.25) is 0 Å². The van der Waals surface area contributed by atoms with Crippen LogP contribution in [-0.2, 0) is 11.3 Å². The van der Waals surface area contributed by atoms with Gasteiger partial charge in [-0.1, -0.05) is 18.2 Å². The molecule has 0 spiro atoms. The number of furan rings is 1. The van der Waals surface area contributed by atoms with Crippen LogP contribution in [0, 0.1) is 0 Å². The fourth-order valence-electron chi connectivity index (χ4n) is 2.47. The molecule has 1 aromatic heterocycles. The van der Waals surface area contributed by atoms with E-state index in [2.05, 4.69) is 10.6 Å². The molecule has 1 fully saturated rings. The van der Waals surface area contributed by atoms with E-state index in [4.69, 9.17) is 4.42 Å². The Balaban J connectivity index is 1.53. The molecule has 3 amide bonds. The van der Waals surface area contributed by atoms with E-state index in [-0.39, 0.29) is 11.9 Å². The third-order valence-corrected chi connectivity index (χ3v) is 3.58. The number of carbonyl (C=O) groups is 2. The van der Waals surface area contributed by atoms with Crippen molar-refractivity contribution >= 4 is 17.6 Å². The van der Waals surface area contributed by atoms with Gasteiger partial charge >= 0.3 is 6.03 Å². The molecule has 1 aromatic carbocycles. The highest BCUT2D eigenvalue weighted by molar-refractivity contribution is 6.01. The number of rotatable bonds is 4. The smallest absolute Gasteiger partial charge is 0.315 e. The van der Waals surface area contributed by atoms with Crippen LogP contribution in [0.25, 0.3) is 0 Å². The SMILES string of the molecule is O=C(NCc1ccco1)N[C@H]1CCN(c2ccccc2)C1=O. The minimum atomic E-state index is -0.489. The summed E-state index contributed by atoms with van der Waals surface area (Å²) in [6, 6.07) is 12.1. The molecule has 3 rings (SSSR count). The number of hydrogen-bond donors (Lipinski definition) is 2. The molecule has 0 aliphatic carbocycles. The summed E-state index contributed by atoms with van der Waals surface area (Å²) in [7, 11) is 0. The van der Waals surface area contributed by atoms with E-state index in [9.17, 15) is 9.59 Å². The van der Waals surface area contributed by atoms with Crippen LogP contribution in [0.4, 0.5) is 10.5 Å². The molecule has 2 N–H and O–H groups in total. The van der Waals surface area contributed by atoms with Crippen LogP contribution in [0.3, 0.4) is 0 Å². The predicted octanol–water partition coefficient (Wildman–Crippen LogP) is 1.88. The van der Waals surface area contributed by atoms with E-state index in [0.29, 0.717) is 25.3 Å². The number of nitrogens with zero attached hydrogens (tertiary/aromatic N) is 1. The van der Waals surface area contributed by atoms with Gasteiger partial charge in [-0.05, 0) is 30.7 Å². The molecule has 0 bridgehead atoms. The summed E-state index contributed by atoms with van der Waals surface area (Å²) in [6.07, 6.45) is 2.15. The molecule has 6 nitrogen and oxygen atoms in total. The van der Waals surface area contributed by atoms with Crippen molar-refractivity contribution in [2.24, 2.45) is 0 Å². The minimum absolute atomic E-state index is 0.0839. The Labute approximate surface area is 128 Å². The summed E-state index contributed by atoms with van der Waals surface area (Å²) in [4.78, 5) is 25.9. The second-order valence-corrected chi connectivity index (χ2v) is 5.07. The molecule has 0 radical (unpaired) electrons. The standard InChI is InChI=1S/C16H17N3O3/c20-15-14(8-9-19(15)12-5-2-1-3-6-12)18-16(21)17-11-13-7-4-10-22-13/h1-7,10,14H,8-9,11H2,(H2,17,18,21)/t14-/m0/s1. The fraction of sp³-hybridized carbons (Fsp3) is 0.250. The Hall–Kier alpha value is -2.76. The molecule has 0 saturated carbocycles. The number of benzene rings is 1. The largest absolute Gasteiger partial charge is 0.467 e. The lowest BCUT2D eigenvalue weighted by molar-refractivity contribution is -0.118. The van der Waals surface area contributed by atoms with Gasteiger partial charge in [-0.15, -0.1) is 0 Å². The average molecular weight is 299 g/mol. The molecule has 114 valence electrons. The van der Waals surface area contributed by atoms with Gasteiger partial charge in [0, 0.05) is 12.2 Å². The second kappa shape index (κ2) is 6.34. The first kappa shape index (κ1) is 14.2. The molecule has 1 aliphatic heterocycles. The summed E-state index contributed by atoms with van der Waals surface area (Å²) in [6.45, 7) is 0.897. The van der Waals surface area contributed by atoms with Crippen molar-refractivity contribution in [1.29, 1.82) is 0 Å². The number of nitrogens with one attached hydrogen (secondary N) is 2. The number of urea groups is 1. The lowest BCUT2D eigenvalue weighted by Gasteiger charge is -2.17. The molecule has 1 saturated heterocycles. The van der Waals surface area contributed by atoms with E-state index in [1.165, 1.54) is 0 Å². The summed E-state index contributed by atoms with van der Waals surface area (Å²) in [5.74, 6) is 0.582. The van der Waals surface area contributed by atoms with Gasteiger partial charge in [-0.3, -0.25) is 4.79 Å². The van der Waals surface area contributed by atoms with Gasteiger partial charge < -0.3 is 20.0 Å². The zero-order valence-electron chi connectivity index (χ0n) is 12.0. The molecule has 22 heavy (non-hydrogen) atoms. The lowest BCUT2D eigenvalue weighted by atomic mass is 10.2. The first-order valence-corrected chi connectivity index (χ1v) is 7.17. The highest BCUT2D eigenvalue weighted by Crippen LogP contribution is 2.20. The number of para-hydroxylation sites is 1.